The molecule has 2 aliphatic carbocycles. The van der Waals surface area contributed by atoms with E-state index in [-0.39, 0.29) is 52.5 Å². The monoisotopic (exact) mass is 439 g/mol. The Morgan fingerprint density at radius 3 is 2.35 bits per heavy atom. The normalized spacial score (nSPS) is 25.8. The summed E-state index contributed by atoms with van der Waals surface area (Å²) < 4.78 is 5.11. The fourth-order valence-electron chi connectivity index (χ4n) is 4.97. The van der Waals surface area contributed by atoms with Crippen LogP contribution in [0, 0.1) is 33.8 Å². The van der Waals surface area contributed by atoms with Gasteiger partial charge in [0.05, 0.1) is 34.6 Å². The van der Waals surface area contributed by atoms with Gasteiger partial charge in [0.15, 0.2) is 0 Å². The Balaban J connectivity index is 1.46. The lowest BCUT2D eigenvalue weighted by molar-refractivity contribution is -0.383. The lowest BCUT2D eigenvalue weighted by atomic mass is 9.85. The molecule has 2 fully saturated rings. The van der Waals surface area contributed by atoms with E-state index in [2.05, 4.69) is 5.32 Å². The Morgan fingerprint density at radius 2 is 1.77 bits per heavy atom. The minimum Gasteiger partial charge on any atom is -0.495 e. The molecule has 0 unspecified atom stereocenters. The summed E-state index contributed by atoms with van der Waals surface area (Å²) in [7, 11) is 1.49. The zero-order chi connectivity index (χ0) is 21.9. The number of rotatable bonds is 5. The second-order valence-electron chi connectivity index (χ2n) is 7.94. The van der Waals surface area contributed by atoms with Crippen LogP contribution in [0.4, 0.5) is 22.7 Å². The molecule has 4 atom stereocenters. The first kappa shape index (κ1) is 19.6. The van der Waals surface area contributed by atoms with Gasteiger partial charge in [-0.2, -0.15) is 0 Å². The summed E-state index contributed by atoms with van der Waals surface area (Å²) in [5.41, 5.74) is 0.722. The molecule has 0 radical (unpaired) electrons. The van der Waals surface area contributed by atoms with Crippen molar-refractivity contribution in [3.05, 3.63) is 63.7 Å². The van der Waals surface area contributed by atoms with Crippen molar-refractivity contribution >= 4 is 46.2 Å². The second kappa shape index (κ2) is 7.09. The zero-order valence-electron chi connectivity index (χ0n) is 16.4. The maximum atomic E-state index is 13.0. The smallest absolute Gasteiger partial charge is 0.294 e. The number of hydrogen-bond acceptors (Lipinski definition) is 6. The number of methoxy groups -OCH3 is 1. The Hall–Kier alpha value is -3.39. The number of nitro groups is 1. The molecule has 2 bridgehead atoms. The molecule has 2 amide bonds. The van der Waals surface area contributed by atoms with Crippen LogP contribution in [0.3, 0.4) is 0 Å². The molecular formula is C22H18ClN3O5. The number of hydrogen-bond donors (Lipinski definition) is 1. The van der Waals surface area contributed by atoms with Gasteiger partial charge in [-0.25, -0.2) is 4.90 Å². The summed E-state index contributed by atoms with van der Waals surface area (Å²) in [6.45, 7) is 0. The quantitative estimate of drug-likeness (QED) is 0.322. The van der Waals surface area contributed by atoms with Crippen molar-refractivity contribution in [2.45, 2.75) is 6.42 Å². The highest BCUT2D eigenvalue weighted by Crippen LogP contribution is 2.53. The molecule has 9 heteroatoms. The number of nitrogens with one attached hydrogen (secondary N) is 1. The number of nitrogens with zero attached hydrogens (tertiary/aromatic N) is 2. The highest BCUT2D eigenvalue weighted by Gasteiger charge is 2.59. The van der Waals surface area contributed by atoms with Gasteiger partial charge < -0.3 is 10.1 Å². The lowest BCUT2D eigenvalue weighted by Crippen LogP contribution is -2.32. The maximum absolute atomic E-state index is 13.0. The highest BCUT2D eigenvalue weighted by molar-refractivity contribution is 6.32. The van der Waals surface area contributed by atoms with E-state index in [1.165, 1.54) is 19.2 Å². The van der Waals surface area contributed by atoms with Gasteiger partial charge in [-0.05, 0) is 48.6 Å². The molecule has 0 spiro atoms. The van der Waals surface area contributed by atoms with Gasteiger partial charge in [-0.3, -0.25) is 19.7 Å². The van der Waals surface area contributed by atoms with Crippen LogP contribution in [0.5, 0.6) is 5.75 Å². The van der Waals surface area contributed by atoms with Crippen molar-refractivity contribution in [1.29, 1.82) is 0 Å². The third-order valence-corrected chi connectivity index (χ3v) is 6.63. The van der Waals surface area contributed by atoms with Crippen LogP contribution < -0.4 is 15.0 Å². The number of anilines is 3. The van der Waals surface area contributed by atoms with E-state index in [9.17, 15) is 19.7 Å². The Labute approximate surface area is 182 Å². The summed E-state index contributed by atoms with van der Waals surface area (Å²) in [6, 6.07) is 9.22. The first-order chi connectivity index (χ1) is 14.9. The summed E-state index contributed by atoms with van der Waals surface area (Å²) in [4.78, 5) is 38.3. The van der Waals surface area contributed by atoms with E-state index in [1.54, 1.807) is 24.3 Å². The molecule has 2 aromatic rings. The number of amides is 2. The van der Waals surface area contributed by atoms with E-state index in [0.717, 1.165) is 11.3 Å². The van der Waals surface area contributed by atoms with E-state index in [1.807, 2.05) is 12.2 Å². The summed E-state index contributed by atoms with van der Waals surface area (Å²) >= 11 is 6.13. The molecule has 2 aromatic carbocycles. The van der Waals surface area contributed by atoms with Crippen molar-refractivity contribution in [2.75, 3.05) is 17.3 Å². The van der Waals surface area contributed by atoms with Crippen LogP contribution in [0.25, 0.3) is 0 Å². The third kappa shape index (κ3) is 2.97. The number of nitro benzene ring substituents is 1. The van der Waals surface area contributed by atoms with E-state index in [0.29, 0.717) is 16.5 Å². The number of carbonyl (C=O) groups is 2. The van der Waals surface area contributed by atoms with Crippen LogP contribution in [0.2, 0.25) is 5.02 Å². The molecule has 1 heterocycles. The Morgan fingerprint density at radius 1 is 1.10 bits per heavy atom. The highest BCUT2D eigenvalue weighted by atomic mass is 35.5. The average molecular weight is 440 g/mol. The fraction of sp³-hybridized carbons (Fsp3) is 0.273. The van der Waals surface area contributed by atoms with Gasteiger partial charge in [-0.15, -0.1) is 0 Å². The first-order valence-corrected chi connectivity index (χ1v) is 10.2. The number of ether oxygens (including phenoxy) is 1. The molecule has 1 N–H and O–H groups in total. The molecule has 3 aliphatic rings. The standard InChI is InChI=1S/C22H18ClN3O5/c1-31-18-7-4-13(9-15(18)23)24-16-6-5-14(10-17(16)26(29)30)25-21(27)19-11-2-3-12(8-11)20(19)22(25)28/h2-7,9-12,19-20,24H,8H2,1H3/t11-,12-,19+,20+/m0/s1. The molecule has 5 rings (SSSR count). The van der Waals surface area contributed by atoms with Crippen LogP contribution in [0.1, 0.15) is 6.42 Å². The number of carbonyl (C=O) groups excluding carboxylic acids is 2. The van der Waals surface area contributed by atoms with Crippen molar-refractivity contribution in [1.82, 2.24) is 0 Å². The van der Waals surface area contributed by atoms with Gasteiger partial charge in [0.2, 0.25) is 11.8 Å². The van der Waals surface area contributed by atoms with Gasteiger partial charge >= 0.3 is 0 Å². The average Bonchev–Trinajstić information content (AvgIpc) is 3.42. The SMILES string of the molecule is COc1ccc(Nc2ccc(N3C(=O)[C@H]4[C@H](C3=O)[C@H]3C=C[C@H]4C3)cc2[N+](=O)[O-])cc1Cl. The van der Waals surface area contributed by atoms with Gasteiger partial charge in [0.1, 0.15) is 11.4 Å². The van der Waals surface area contributed by atoms with E-state index < -0.39 is 4.92 Å². The molecular weight excluding hydrogens is 422 g/mol. The lowest BCUT2D eigenvalue weighted by Gasteiger charge is -2.18. The largest absolute Gasteiger partial charge is 0.495 e. The molecule has 31 heavy (non-hydrogen) atoms. The first-order valence-electron chi connectivity index (χ1n) is 9.84. The van der Waals surface area contributed by atoms with Crippen molar-refractivity contribution < 1.29 is 19.2 Å². The van der Waals surface area contributed by atoms with E-state index in [4.69, 9.17) is 16.3 Å². The van der Waals surface area contributed by atoms with Gasteiger partial charge in [0.25, 0.3) is 5.69 Å². The zero-order valence-corrected chi connectivity index (χ0v) is 17.2. The van der Waals surface area contributed by atoms with Crippen LogP contribution in [-0.4, -0.2) is 23.8 Å². The molecule has 0 aromatic heterocycles. The van der Waals surface area contributed by atoms with Crippen LogP contribution in [-0.2, 0) is 9.59 Å². The Kier molecular flexibility index (Phi) is 4.48. The van der Waals surface area contributed by atoms with Crippen molar-refractivity contribution in [3.63, 3.8) is 0 Å². The number of fused-ring (bicyclic) bond motifs is 5. The second-order valence-corrected chi connectivity index (χ2v) is 8.35. The van der Waals surface area contributed by atoms with Gasteiger partial charge in [-0.1, -0.05) is 23.8 Å². The fourth-order valence-corrected chi connectivity index (χ4v) is 5.23. The maximum Gasteiger partial charge on any atom is 0.294 e. The minimum atomic E-state index is -0.548. The molecule has 1 saturated heterocycles. The molecule has 158 valence electrons. The molecule has 1 saturated carbocycles. The van der Waals surface area contributed by atoms with Gasteiger partial charge in [0, 0.05) is 11.8 Å². The molecule has 1 aliphatic heterocycles. The summed E-state index contributed by atoms with van der Waals surface area (Å²) in [5, 5.41) is 15.1. The summed E-state index contributed by atoms with van der Waals surface area (Å²) in [5.74, 6) is -0.634. The number of halogens is 1. The predicted molar refractivity (Wildman–Crippen MR) is 115 cm³/mol. The van der Waals surface area contributed by atoms with Crippen LogP contribution >= 0.6 is 11.6 Å². The topological polar surface area (TPSA) is 102 Å². The van der Waals surface area contributed by atoms with Crippen molar-refractivity contribution in [3.8, 4) is 5.75 Å². The Bertz CT molecular complexity index is 1130. The summed E-state index contributed by atoms with van der Waals surface area (Å²) in [6.07, 6.45) is 4.85. The predicted octanol–water partition coefficient (Wildman–Crippen LogP) is 4.31. The number of allylic oxidation sites excluding steroid dienone is 2. The minimum absolute atomic E-state index is 0.0761. The van der Waals surface area contributed by atoms with Crippen LogP contribution in [0.15, 0.2) is 48.6 Å². The number of benzene rings is 2. The number of imide groups is 1. The third-order valence-electron chi connectivity index (χ3n) is 6.34. The van der Waals surface area contributed by atoms with Crippen molar-refractivity contribution in [2.24, 2.45) is 23.7 Å². The van der Waals surface area contributed by atoms with E-state index >= 15 is 0 Å². The molecule has 8 nitrogen and oxygen atoms in total.